The molecule has 0 radical (unpaired) electrons. The van der Waals surface area contributed by atoms with Crippen molar-refractivity contribution in [2.45, 2.75) is 258 Å². The summed E-state index contributed by atoms with van der Waals surface area (Å²) in [5, 5.41) is 0. The third kappa shape index (κ3) is 31.6. The van der Waals surface area contributed by atoms with E-state index < -0.39 is 0 Å². The summed E-state index contributed by atoms with van der Waals surface area (Å²) >= 11 is 0. The van der Waals surface area contributed by atoms with Gasteiger partial charge in [-0.05, 0) is 219 Å². The summed E-state index contributed by atoms with van der Waals surface area (Å²) in [5.74, 6) is 0. The van der Waals surface area contributed by atoms with Crippen molar-refractivity contribution in [2.24, 2.45) is 0 Å². The van der Waals surface area contributed by atoms with Gasteiger partial charge in [-0.3, -0.25) is 39.2 Å². The summed E-state index contributed by atoms with van der Waals surface area (Å²) in [6.45, 7) is 78.0. The van der Waals surface area contributed by atoms with Crippen LogP contribution in [0.5, 0.6) is 0 Å². The lowest BCUT2D eigenvalue weighted by atomic mass is 10.2. The van der Waals surface area contributed by atoms with Crippen molar-refractivity contribution in [3.63, 3.8) is 0 Å². The minimum absolute atomic E-state index is 0.649. The summed E-state index contributed by atoms with van der Waals surface area (Å²) < 4.78 is 0. The summed E-state index contributed by atoms with van der Waals surface area (Å²) in [4.78, 5) is 25.7. The van der Waals surface area contributed by atoms with E-state index in [1.165, 1.54) is 118 Å². The van der Waals surface area contributed by atoms with Crippen molar-refractivity contribution in [2.75, 3.05) is 118 Å². The van der Waals surface area contributed by atoms with Crippen LogP contribution in [0.4, 0.5) is 0 Å². The van der Waals surface area contributed by atoms with E-state index in [4.69, 9.17) is 0 Å². The summed E-state index contributed by atoms with van der Waals surface area (Å²) in [7, 11) is 2.21. The fraction of sp³-hybridized carbons (Fsp3) is 1.00. The molecule has 2 aliphatic rings. The molecule has 0 aromatic rings. The Balaban J connectivity index is 0. The van der Waals surface area contributed by atoms with Crippen LogP contribution in [-0.2, 0) is 0 Å². The highest BCUT2D eigenvalue weighted by Gasteiger charge is 2.22. The van der Waals surface area contributed by atoms with Crippen LogP contribution in [0.25, 0.3) is 0 Å². The van der Waals surface area contributed by atoms with Gasteiger partial charge in [0.2, 0.25) is 0 Å². The third-order valence-corrected chi connectivity index (χ3v) is 14.7. The second kappa shape index (κ2) is 38.2. The number of rotatable bonds is 27. The molecule has 2 rings (SSSR count). The average Bonchev–Trinajstić information content (AvgIpc) is 3.22. The van der Waals surface area contributed by atoms with Crippen LogP contribution in [0.15, 0.2) is 0 Å². The van der Waals surface area contributed by atoms with Crippen molar-refractivity contribution in [3.8, 4) is 0 Å². The molecule has 0 aromatic carbocycles. The molecule has 2 fully saturated rings. The predicted octanol–water partition coefficient (Wildman–Crippen LogP) is 10.3. The molecule has 406 valence electrons. The van der Waals surface area contributed by atoms with Crippen molar-refractivity contribution in [3.05, 3.63) is 0 Å². The number of hydrogen-bond acceptors (Lipinski definition) is 10. The molecule has 10 heteroatoms. The first-order chi connectivity index (χ1) is 31.1. The Labute approximate surface area is 424 Å². The molecule has 2 saturated heterocycles. The molecule has 0 aromatic heterocycles. The highest BCUT2D eigenvalue weighted by Crippen LogP contribution is 2.12. The normalized spacial score (nSPS) is 16.5. The number of likely N-dealkylation sites (N-methyl/N-ethyl adjacent to an activating group) is 1. The van der Waals surface area contributed by atoms with Crippen LogP contribution < -0.4 is 0 Å². The molecule has 0 amide bonds. The molecule has 0 aliphatic carbocycles. The lowest BCUT2D eigenvalue weighted by Gasteiger charge is -2.39. The first kappa shape index (κ1) is 68.7. The molecule has 2 heterocycles. The Kier molecular flexibility index (Phi) is 39.2. The maximum absolute atomic E-state index is 2.64. The van der Waals surface area contributed by atoms with Gasteiger partial charge in [0.25, 0.3) is 0 Å². The van der Waals surface area contributed by atoms with Gasteiger partial charge < -0.3 is 9.80 Å². The fourth-order valence-electron chi connectivity index (χ4n) is 9.98. The number of piperazine rings is 2. The van der Waals surface area contributed by atoms with Crippen molar-refractivity contribution < 1.29 is 0 Å². The Morgan fingerprint density at radius 3 is 0.925 bits per heavy atom. The largest absolute Gasteiger partial charge is 0.304 e. The molecule has 0 unspecified atom stereocenters. The highest BCUT2D eigenvalue weighted by molar-refractivity contribution is 4.78. The van der Waals surface area contributed by atoms with E-state index in [1.54, 1.807) is 0 Å². The van der Waals surface area contributed by atoms with Crippen LogP contribution in [0, 0.1) is 0 Å². The molecule has 0 N–H and O–H groups in total. The van der Waals surface area contributed by atoms with Crippen LogP contribution in [-0.4, -0.2) is 240 Å². The molecular formula is C57H128N10. The molecule has 67 heavy (non-hydrogen) atoms. The monoisotopic (exact) mass is 953 g/mol. The zero-order chi connectivity index (χ0) is 52.1. The zero-order valence-corrected chi connectivity index (χ0v) is 50.8. The van der Waals surface area contributed by atoms with Crippen molar-refractivity contribution >= 4 is 0 Å². The summed E-state index contributed by atoms with van der Waals surface area (Å²) in [5.41, 5.74) is 0. The Bertz CT molecular complexity index is 1060. The average molecular weight is 954 g/mol. The molecule has 2 aliphatic heterocycles. The Morgan fingerprint density at radius 1 is 0.313 bits per heavy atom. The van der Waals surface area contributed by atoms with E-state index in [-0.39, 0.29) is 0 Å². The quantitative estimate of drug-likeness (QED) is 0.0794. The minimum Gasteiger partial charge on any atom is -0.304 e. The molecule has 10 nitrogen and oxygen atoms in total. The summed E-state index contributed by atoms with van der Waals surface area (Å²) in [6.07, 6.45) is 2.57. The van der Waals surface area contributed by atoms with Gasteiger partial charge >= 0.3 is 0 Å². The topological polar surface area (TPSA) is 32.4 Å². The second-order valence-corrected chi connectivity index (χ2v) is 23.6. The van der Waals surface area contributed by atoms with Gasteiger partial charge in [0.15, 0.2) is 0 Å². The lowest BCUT2D eigenvalue weighted by molar-refractivity contribution is 0.0866. The zero-order valence-electron chi connectivity index (χ0n) is 50.8. The lowest BCUT2D eigenvalue weighted by Crippen LogP contribution is -2.51. The maximum Gasteiger partial charge on any atom is 0.0115 e. The van der Waals surface area contributed by atoms with Gasteiger partial charge in [0.05, 0.1) is 0 Å². The van der Waals surface area contributed by atoms with Crippen molar-refractivity contribution in [1.29, 1.82) is 0 Å². The van der Waals surface area contributed by atoms with E-state index >= 15 is 0 Å². The highest BCUT2D eigenvalue weighted by atomic mass is 15.3. The smallest absolute Gasteiger partial charge is 0.0115 e. The van der Waals surface area contributed by atoms with Crippen LogP contribution in [0.3, 0.4) is 0 Å². The van der Waals surface area contributed by atoms with Gasteiger partial charge in [-0.25, -0.2) is 0 Å². The second-order valence-electron chi connectivity index (χ2n) is 23.6. The van der Waals surface area contributed by atoms with Crippen LogP contribution in [0.1, 0.15) is 186 Å². The fourth-order valence-corrected chi connectivity index (χ4v) is 9.98. The maximum atomic E-state index is 2.64. The Hall–Kier alpha value is -0.400. The number of nitrogens with zero attached hydrogens (tertiary/aromatic N) is 10. The standard InChI is InChI=1S/C16H35N3.C15H33N3.2C13H30N2/c1-14(2)18-12-10-17(11-13-18)8-7-9-19(15(3)4)16(5)6;1-13(2)17-10-7-16(8-11-17)9-12-18(14(3)4)15(5)6;1-11(2)14(7)9-8-10-15(12(3)4)13(5)6;1-8-14(11(2)3)9-10-15(12(4)5)13(6)7/h14-16H,7-13H2,1-6H3;13-15H,7-12H2,1-6H3;2*11-13H,8-10H2,1-7H3. The van der Waals surface area contributed by atoms with Crippen LogP contribution >= 0.6 is 0 Å². The molecule has 0 saturated carbocycles. The van der Waals surface area contributed by atoms with E-state index in [2.05, 4.69) is 229 Å². The van der Waals surface area contributed by atoms with Crippen LogP contribution in [0.2, 0.25) is 0 Å². The van der Waals surface area contributed by atoms with E-state index in [0.29, 0.717) is 72.5 Å². The van der Waals surface area contributed by atoms with Crippen molar-refractivity contribution in [1.82, 2.24) is 49.0 Å². The van der Waals surface area contributed by atoms with E-state index in [1.807, 2.05) is 0 Å². The third-order valence-electron chi connectivity index (χ3n) is 14.7. The molecular weight excluding hydrogens is 825 g/mol. The SMILES string of the molecule is CC(C)N(C)CCCN(C(C)C)C(C)C.CC(C)N1CCN(CCCN(C(C)C)C(C)C)CC1.CC(C)N1CCN(CCN(C(C)C)C(C)C)CC1.CCN(CCN(C(C)C)C(C)C)C(C)C. The summed E-state index contributed by atoms with van der Waals surface area (Å²) in [6, 6.07) is 8.00. The van der Waals surface area contributed by atoms with Gasteiger partial charge in [-0.2, -0.15) is 0 Å². The molecule has 0 spiro atoms. The van der Waals surface area contributed by atoms with Gasteiger partial charge in [-0.15, -0.1) is 0 Å². The molecule has 0 bridgehead atoms. The molecule has 0 atom stereocenters. The van der Waals surface area contributed by atoms with Gasteiger partial charge in [-0.1, -0.05) is 6.92 Å². The first-order valence-corrected chi connectivity index (χ1v) is 28.5. The predicted molar refractivity (Wildman–Crippen MR) is 304 cm³/mol. The van der Waals surface area contributed by atoms with Gasteiger partial charge in [0.1, 0.15) is 0 Å². The minimum atomic E-state index is 0.649. The Morgan fingerprint density at radius 2 is 0.627 bits per heavy atom. The number of hydrogen-bond donors (Lipinski definition) is 0. The first-order valence-electron chi connectivity index (χ1n) is 28.5. The van der Waals surface area contributed by atoms with E-state index in [0.717, 1.165) is 6.54 Å². The van der Waals surface area contributed by atoms with Gasteiger partial charge in [0, 0.05) is 151 Å². The van der Waals surface area contributed by atoms with E-state index in [9.17, 15) is 0 Å².